The number of ether oxygens (including phenoxy) is 1. The van der Waals surface area contributed by atoms with Crippen LogP contribution in [0.1, 0.15) is 13.8 Å². The van der Waals surface area contributed by atoms with Crippen molar-refractivity contribution in [1.82, 2.24) is 19.9 Å². The molecule has 0 radical (unpaired) electrons. The molecule has 0 aliphatic heterocycles. The topological polar surface area (TPSA) is 60.2 Å². The van der Waals surface area contributed by atoms with Gasteiger partial charge in [0.25, 0.3) is 0 Å². The smallest absolute Gasteiger partial charge is 0.358 e. The summed E-state index contributed by atoms with van der Waals surface area (Å²) in [6.07, 6.45) is 3.13. The van der Waals surface area contributed by atoms with Gasteiger partial charge >= 0.3 is 5.97 Å². The van der Waals surface area contributed by atoms with E-state index in [0.717, 1.165) is 5.70 Å². The van der Waals surface area contributed by atoms with Gasteiger partial charge in [0, 0.05) is 19.8 Å². The van der Waals surface area contributed by atoms with Gasteiger partial charge in [0.15, 0.2) is 5.70 Å². The van der Waals surface area contributed by atoms with Crippen LogP contribution in [-0.2, 0) is 9.53 Å². The summed E-state index contributed by atoms with van der Waals surface area (Å²) in [6.45, 7) is 3.92. The van der Waals surface area contributed by atoms with Gasteiger partial charge in [-0.1, -0.05) is 5.21 Å². The van der Waals surface area contributed by atoms with Crippen molar-refractivity contribution < 1.29 is 9.53 Å². The minimum Gasteiger partial charge on any atom is -0.461 e. The molecule has 0 aliphatic rings. The summed E-state index contributed by atoms with van der Waals surface area (Å²) in [4.78, 5) is 13.6. The summed E-state index contributed by atoms with van der Waals surface area (Å²) in [6, 6.07) is 0. The van der Waals surface area contributed by atoms with Crippen LogP contribution < -0.4 is 0 Å². The Kier molecular flexibility index (Phi) is 4.04. The van der Waals surface area contributed by atoms with Crippen molar-refractivity contribution in [2.24, 2.45) is 0 Å². The third-order valence-electron chi connectivity index (χ3n) is 2.13. The summed E-state index contributed by atoms with van der Waals surface area (Å²) in [5.74, 6) is -0.404. The molecule has 0 unspecified atom stereocenters. The number of carbonyl (C=O) groups excluding carboxylic acids is 1. The highest BCUT2D eigenvalue weighted by Gasteiger charge is 2.18. The van der Waals surface area contributed by atoms with E-state index in [1.54, 1.807) is 13.1 Å². The maximum atomic E-state index is 11.8. The molecule has 0 aliphatic carbocycles. The second-order valence-electron chi connectivity index (χ2n) is 3.40. The Morgan fingerprint density at radius 2 is 2.19 bits per heavy atom. The number of hydrogen-bond donors (Lipinski definition) is 0. The van der Waals surface area contributed by atoms with E-state index in [9.17, 15) is 4.79 Å². The van der Waals surface area contributed by atoms with Crippen LogP contribution in [0.5, 0.6) is 0 Å². The van der Waals surface area contributed by atoms with E-state index in [0.29, 0.717) is 12.3 Å². The van der Waals surface area contributed by atoms with Gasteiger partial charge in [0.2, 0.25) is 0 Å². The first kappa shape index (κ1) is 12.2. The highest BCUT2D eigenvalue weighted by Crippen LogP contribution is 2.13. The molecule has 1 aromatic heterocycles. The normalized spacial score (nSPS) is 12.0. The maximum Gasteiger partial charge on any atom is 0.358 e. The van der Waals surface area contributed by atoms with Gasteiger partial charge in [-0.3, -0.25) is 0 Å². The van der Waals surface area contributed by atoms with Crippen LogP contribution in [0, 0.1) is 0 Å². The van der Waals surface area contributed by atoms with Crippen LogP contribution in [0.3, 0.4) is 0 Å². The molecule has 0 saturated carbocycles. The van der Waals surface area contributed by atoms with E-state index >= 15 is 0 Å². The lowest BCUT2D eigenvalue weighted by molar-refractivity contribution is -0.136. The first-order valence-corrected chi connectivity index (χ1v) is 5.00. The standard InChI is InChI=1S/C10H16N4O2/c1-5-16-10(15)9(8(2)13(3)4)14-7-6-11-12-14/h6-7H,5H2,1-4H3. The Hall–Kier alpha value is -1.85. The van der Waals surface area contributed by atoms with Gasteiger partial charge in [-0.05, 0) is 13.8 Å². The number of nitrogens with zero attached hydrogens (tertiary/aromatic N) is 4. The van der Waals surface area contributed by atoms with Gasteiger partial charge in [-0.2, -0.15) is 0 Å². The Morgan fingerprint density at radius 1 is 1.50 bits per heavy atom. The lowest BCUT2D eigenvalue weighted by Gasteiger charge is -2.17. The van der Waals surface area contributed by atoms with Crippen molar-refractivity contribution in [3.8, 4) is 0 Å². The molecule has 6 nitrogen and oxygen atoms in total. The van der Waals surface area contributed by atoms with E-state index in [2.05, 4.69) is 10.3 Å². The fourth-order valence-electron chi connectivity index (χ4n) is 1.15. The summed E-state index contributed by atoms with van der Waals surface area (Å²) < 4.78 is 6.40. The van der Waals surface area contributed by atoms with Crippen LogP contribution in [-0.4, -0.2) is 46.6 Å². The van der Waals surface area contributed by atoms with Gasteiger partial charge < -0.3 is 9.64 Å². The van der Waals surface area contributed by atoms with Crippen LogP contribution in [0.2, 0.25) is 0 Å². The maximum absolute atomic E-state index is 11.8. The van der Waals surface area contributed by atoms with Crippen molar-refractivity contribution in [3.05, 3.63) is 18.1 Å². The third kappa shape index (κ3) is 2.59. The van der Waals surface area contributed by atoms with Crippen LogP contribution in [0.25, 0.3) is 5.70 Å². The quantitative estimate of drug-likeness (QED) is 0.553. The summed E-state index contributed by atoms with van der Waals surface area (Å²) in [5, 5.41) is 7.48. The third-order valence-corrected chi connectivity index (χ3v) is 2.13. The second-order valence-corrected chi connectivity index (χ2v) is 3.40. The molecule has 16 heavy (non-hydrogen) atoms. The molecule has 6 heteroatoms. The van der Waals surface area contributed by atoms with Crippen LogP contribution >= 0.6 is 0 Å². The Morgan fingerprint density at radius 3 is 2.62 bits per heavy atom. The van der Waals surface area contributed by atoms with E-state index in [1.165, 1.54) is 10.9 Å². The highest BCUT2D eigenvalue weighted by molar-refractivity contribution is 6.10. The molecule has 0 amide bonds. The molecule has 0 spiro atoms. The Labute approximate surface area is 94.5 Å². The van der Waals surface area contributed by atoms with Crippen molar-refractivity contribution in [3.63, 3.8) is 0 Å². The molecule has 1 rings (SSSR count). The lowest BCUT2D eigenvalue weighted by atomic mass is 10.3. The molecule has 0 bridgehead atoms. The highest BCUT2D eigenvalue weighted by atomic mass is 16.5. The second kappa shape index (κ2) is 5.29. The van der Waals surface area contributed by atoms with E-state index < -0.39 is 5.97 Å². The van der Waals surface area contributed by atoms with E-state index in [-0.39, 0.29) is 0 Å². The van der Waals surface area contributed by atoms with Crippen molar-refractivity contribution in [1.29, 1.82) is 0 Å². The first-order chi connectivity index (χ1) is 7.57. The Bertz CT molecular complexity index is 382. The van der Waals surface area contributed by atoms with Crippen molar-refractivity contribution in [2.75, 3.05) is 20.7 Å². The molecule has 0 atom stereocenters. The minimum absolute atomic E-state index is 0.331. The zero-order valence-corrected chi connectivity index (χ0v) is 9.97. The predicted octanol–water partition coefficient (Wildman–Crippen LogP) is 0.591. The average molecular weight is 224 g/mol. The molecule has 0 saturated heterocycles. The molecular formula is C10H16N4O2. The number of rotatable bonds is 4. The summed E-state index contributed by atoms with van der Waals surface area (Å²) in [7, 11) is 3.71. The van der Waals surface area contributed by atoms with Gasteiger partial charge in [-0.25, -0.2) is 9.48 Å². The fraction of sp³-hybridized carbons (Fsp3) is 0.500. The summed E-state index contributed by atoms with van der Waals surface area (Å²) >= 11 is 0. The Balaban J connectivity index is 3.14. The number of esters is 1. The number of hydrogen-bond acceptors (Lipinski definition) is 5. The van der Waals surface area contributed by atoms with Crippen LogP contribution in [0.4, 0.5) is 0 Å². The molecular weight excluding hydrogens is 208 g/mol. The monoisotopic (exact) mass is 224 g/mol. The van der Waals surface area contributed by atoms with Gasteiger partial charge in [0.1, 0.15) is 0 Å². The van der Waals surface area contributed by atoms with Gasteiger partial charge in [0.05, 0.1) is 19.0 Å². The molecule has 0 aromatic carbocycles. The molecule has 0 N–H and O–H groups in total. The molecule has 0 fully saturated rings. The van der Waals surface area contributed by atoms with Gasteiger partial charge in [-0.15, -0.1) is 5.10 Å². The molecule has 88 valence electrons. The number of carbonyl (C=O) groups is 1. The SMILES string of the molecule is CCOC(=O)C(=C(C)N(C)C)n1ccnn1. The largest absolute Gasteiger partial charge is 0.461 e. The molecule has 1 aromatic rings. The average Bonchev–Trinajstić information content (AvgIpc) is 2.71. The lowest BCUT2D eigenvalue weighted by Crippen LogP contribution is -2.20. The molecule has 1 heterocycles. The van der Waals surface area contributed by atoms with Crippen molar-refractivity contribution >= 4 is 11.7 Å². The fourth-order valence-corrected chi connectivity index (χ4v) is 1.15. The zero-order chi connectivity index (χ0) is 12.1. The van der Waals surface area contributed by atoms with Crippen LogP contribution in [0.15, 0.2) is 18.1 Å². The number of aromatic nitrogens is 3. The predicted molar refractivity (Wildman–Crippen MR) is 59.2 cm³/mol. The summed E-state index contributed by atoms with van der Waals surface area (Å²) in [5.41, 5.74) is 1.15. The minimum atomic E-state index is -0.404. The zero-order valence-electron chi connectivity index (χ0n) is 9.97. The van der Waals surface area contributed by atoms with Crippen molar-refractivity contribution in [2.45, 2.75) is 13.8 Å². The van der Waals surface area contributed by atoms with E-state index in [1.807, 2.05) is 25.9 Å². The number of allylic oxidation sites excluding steroid dienone is 1. The first-order valence-electron chi connectivity index (χ1n) is 5.00. The van der Waals surface area contributed by atoms with E-state index in [4.69, 9.17) is 4.74 Å².